The highest BCUT2D eigenvalue weighted by Crippen LogP contribution is 2.36. The van der Waals surface area contributed by atoms with Crippen molar-refractivity contribution in [1.29, 1.82) is 0 Å². The molecule has 1 aliphatic rings. The lowest BCUT2D eigenvalue weighted by Gasteiger charge is -2.32. The maximum absolute atomic E-state index is 12.8. The van der Waals surface area contributed by atoms with Gasteiger partial charge in [-0.1, -0.05) is 36.4 Å². The summed E-state index contributed by atoms with van der Waals surface area (Å²) in [5, 5.41) is 0. The first-order valence-electron chi connectivity index (χ1n) is 9.15. The fourth-order valence-corrected chi connectivity index (χ4v) is 3.38. The number of rotatable bonds is 6. The number of benzene rings is 1. The summed E-state index contributed by atoms with van der Waals surface area (Å²) in [5.41, 5.74) is 0.370. The van der Waals surface area contributed by atoms with Gasteiger partial charge in [0.1, 0.15) is 12.1 Å². The van der Waals surface area contributed by atoms with Gasteiger partial charge in [0.2, 0.25) is 5.91 Å². The van der Waals surface area contributed by atoms with E-state index in [2.05, 4.69) is 4.98 Å². The van der Waals surface area contributed by atoms with Crippen LogP contribution >= 0.6 is 0 Å². The number of aromatic nitrogens is 1. The fourth-order valence-electron chi connectivity index (χ4n) is 3.38. The molecule has 0 saturated carbocycles. The van der Waals surface area contributed by atoms with Crippen molar-refractivity contribution in [1.82, 2.24) is 19.7 Å². The number of likely N-dealkylation sites (N-methyl/N-ethyl adjacent to an activating group) is 2. The van der Waals surface area contributed by atoms with Crippen LogP contribution in [-0.4, -0.2) is 64.7 Å². The van der Waals surface area contributed by atoms with E-state index in [-0.39, 0.29) is 18.4 Å². The first kappa shape index (κ1) is 19.5. The largest absolute Gasteiger partial charge is 0.344 e. The number of amides is 4. The Balaban J connectivity index is 1.75. The summed E-state index contributed by atoms with van der Waals surface area (Å²) in [6, 6.07) is 14.3. The maximum Gasteiger partial charge on any atom is 0.328 e. The molecule has 1 aromatic heterocycles. The zero-order valence-electron chi connectivity index (χ0n) is 16.3. The van der Waals surface area contributed by atoms with Crippen LogP contribution < -0.4 is 0 Å². The molecule has 1 unspecified atom stereocenters. The van der Waals surface area contributed by atoms with E-state index in [1.165, 1.54) is 11.9 Å². The lowest BCUT2D eigenvalue weighted by atomic mass is 9.90. The SMILES string of the molecule is CN(CCc1ccccn1)C(=O)CN1C(=O)N(C)C(=O)C1(C)c1ccccc1. The molecule has 3 rings (SSSR count). The molecule has 7 heteroatoms. The summed E-state index contributed by atoms with van der Waals surface area (Å²) in [5.74, 6) is -0.567. The van der Waals surface area contributed by atoms with Gasteiger partial charge in [0, 0.05) is 39.0 Å². The third kappa shape index (κ3) is 3.47. The number of pyridine rings is 1. The zero-order valence-corrected chi connectivity index (χ0v) is 16.3. The molecule has 2 aromatic rings. The van der Waals surface area contributed by atoms with Crippen LogP contribution in [0.3, 0.4) is 0 Å². The van der Waals surface area contributed by atoms with E-state index < -0.39 is 11.6 Å². The van der Waals surface area contributed by atoms with Crippen LogP contribution in [0, 0.1) is 0 Å². The second kappa shape index (κ2) is 7.80. The van der Waals surface area contributed by atoms with E-state index in [0.717, 1.165) is 10.6 Å². The van der Waals surface area contributed by atoms with Gasteiger partial charge in [0.25, 0.3) is 5.91 Å². The van der Waals surface area contributed by atoms with Crippen LogP contribution in [0.2, 0.25) is 0 Å². The third-order valence-electron chi connectivity index (χ3n) is 5.26. The predicted molar refractivity (Wildman–Crippen MR) is 104 cm³/mol. The van der Waals surface area contributed by atoms with E-state index >= 15 is 0 Å². The molecule has 0 N–H and O–H groups in total. The molecule has 7 nitrogen and oxygen atoms in total. The molecule has 4 amide bonds. The molecule has 146 valence electrons. The van der Waals surface area contributed by atoms with E-state index in [1.54, 1.807) is 37.2 Å². The van der Waals surface area contributed by atoms with Crippen LogP contribution in [0.1, 0.15) is 18.2 Å². The molecule has 0 spiro atoms. The van der Waals surface area contributed by atoms with Gasteiger partial charge in [-0.05, 0) is 24.6 Å². The Hall–Kier alpha value is -3.22. The minimum atomic E-state index is -1.20. The van der Waals surface area contributed by atoms with Gasteiger partial charge in [-0.25, -0.2) is 4.79 Å². The molecule has 1 aromatic carbocycles. The van der Waals surface area contributed by atoms with Crippen molar-refractivity contribution in [3.63, 3.8) is 0 Å². The summed E-state index contributed by atoms with van der Waals surface area (Å²) >= 11 is 0. The van der Waals surface area contributed by atoms with E-state index in [9.17, 15) is 14.4 Å². The quantitative estimate of drug-likeness (QED) is 0.718. The Bertz CT molecular complexity index is 872. The van der Waals surface area contributed by atoms with Gasteiger partial charge >= 0.3 is 6.03 Å². The summed E-state index contributed by atoms with van der Waals surface area (Å²) in [6.45, 7) is 2.00. The Morgan fingerprint density at radius 2 is 1.79 bits per heavy atom. The van der Waals surface area contributed by atoms with Crippen LogP contribution in [0.25, 0.3) is 0 Å². The van der Waals surface area contributed by atoms with Crippen molar-refractivity contribution in [3.8, 4) is 0 Å². The number of nitrogens with zero attached hydrogens (tertiary/aromatic N) is 4. The van der Waals surface area contributed by atoms with Crippen LogP contribution in [0.4, 0.5) is 4.79 Å². The summed E-state index contributed by atoms with van der Waals surface area (Å²) in [6.07, 6.45) is 2.33. The Morgan fingerprint density at radius 3 is 2.43 bits per heavy atom. The highest BCUT2D eigenvalue weighted by molar-refractivity contribution is 6.08. The Morgan fingerprint density at radius 1 is 1.11 bits per heavy atom. The lowest BCUT2D eigenvalue weighted by Crippen LogP contribution is -2.49. The van der Waals surface area contributed by atoms with Crippen molar-refractivity contribution >= 4 is 17.8 Å². The van der Waals surface area contributed by atoms with Crippen molar-refractivity contribution in [3.05, 3.63) is 66.0 Å². The smallest absolute Gasteiger partial charge is 0.328 e. The summed E-state index contributed by atoms with van der Waals surface area (Å²) < 4.78 is 0. The monoisotopic (exact) mass is 380 g/mol. The number of carbonyl (C=O) groups excluding carboxylic acids is 3. The van der Waals surface area contributed by atoms with Crippen LogP contribution in [-0.2, 0) is 21.5 Å². The zero-order chi connectivity index (χ0) is 20.3. The minimum Gasteiger partial charge on any atom is -0.344 e. The summed E-state index contributed by atoms with van der Waals surface area (Å²) in [7, 11) is 3.14. The molecular weight excluding hydrogens is 356 g/mol. The molecule has 1 saturated heterocycles. The normalized spacial score (nSPS) is 19.2. The fraction of sp³-hybridized carbons (Fsp3) is 0.333. The van der Waals surface area contributed by atoms with E-state index in [0.29, 0.717) is 18.5 Å². The van der Waals surface area contributed by atoms with E-state index in [1.807, 2.05) is 36.4 Å². The van der Waals surface area contributed by atoms with Crippen molar-refractivity contribution in [2.75, 3.05) is 27.2 Å². The number of carbonyl (C=O) groups is 3. The number of hydrogen-bond donors (Lipinski definition) is 0. The van der Waals surface area contributed by atoms with Crippen molar-refractivity contribution < 1.29 is 14.4 Å². The molecule has 28 heavy (non-hydrogen) atoms. The molecule has 0 radical (unpaired) electrons. The first-order chi connectivity index (χ1) is 13.4. The van der Waals surface area contributed by atoms with Crippen molar-refractivity contribution in [2.45, 2.75) is 18.9 Å². The standard InChI is InChI=1S/C21H24N4O3/c1-21(16-9-5-4-6-10-16)19(27)24(3)20(28)25(21)15-18(26)23(2)14-12-17-11-7-8-13-22-17/h4-11,13H,12,14-15H2,1-3H3. The highest BCUT2D eigenvalue weighted by Gasteiger charge is 2.54. The van der Waals surface area contributed by atoms with Crippen LogP contribution in [0.5, 0.6) is 0 Å². The number of urea groups is 1. The number of hydrogen-bond acceptors (Lipinski definition) is 4. The lowest BCUT2D eigenvalue weighted by molar-refractivity contribution is -0.135. The van der Waals surface area contributed by atoms with Crippen LogP contribution in [0.15, 0.2) is 54.7 Å². The first-order valence-corrected chi connectivity index (χ1v) is 9.15. The predicted octanol–water partition coefficient (Wildman–Crippen LogP) is 1.89. The second-order valence-electron chi connectivity index (χ2n) is 7.06. The van der Waals surface area contributed by atoms with Gasteiger partial charge in [-0.3, -0.25) is 24.4 Å². The average Bonchev–Trinajstić information content (AvgIpc) is 2.89. The molecule has 2 heterocycles. The van der Waals surface area contributed by atoms with Gasteiger partial charge < -0.3 is 4.90 Å². The molecular formula is C21H24N4O3. The van der Waals surface area contributed by atoms with Gasteiger partial charge in [0.05, 0.1) is 0 Å². The molecule has 0 bridgehead atoms. The molecule has 1 atom stereocenters. The van der Waals surface area contributed by atoms with Gasteiger partial charge in [-0.2, -0.15) is 0 Å². The summed E-state index contributed by atoms with van der Waals surface area (Å²) in [4.78, 5) is 46.6. The average molecular weight is 380 g/mol. The second-order valence-corrected chi connectivity index (χ2v) is 7.06. The maximum atomic E-state index is 12.8. The Kier molecular flexibility index (Phi) is 5.44. The Labute approximate surface area is 164 Å². The molecule has 0 aliphatic carbocycles. The van der Waals surface area contributed by atoms with Crippen molar-refractivity contribution in [2.24, 2.45) is 0 Å². The highest BCUT2D eigenvalue weighted by atomic mass is 16.2. The van der Waals surface area contributed by atoms with E-state index in [4.69, 9.17) is 0 Å². The third-order valence-corrected chi connectivity index (χ3v) is 5.26. The van der Waals surface area contributed by atoms with Gasteiger partial charge in [0.15, 0.2) is 0 Å². The topological polar surface area (TPSA) is 73.8 Å². The van der Waals surface area contributed by atoms with Gasteiger partial charge in [-0.15, -0.1) is 0 Å². The minimum absolute atomic E-state index is 0.168. The molecule has 1 fully saturated rings. The molecule has 1 aliphatic heterocycles. The number of imide groups is 1.